The third-order valence-corrected chi connectivity index (χ3v) is 3.60. The van der Waals surface area contributed by atoms with E-state index in [4.69, 9.17) is 0 Å². The molecule has 1 aromatic carbocycles. The number of fused-ring (bicyclic) bond motifs is 2. The number of carbonyl (C=O) groups is 2. The zero-order valence-electron chi connectivity index (χ0n) is 8.80. The molecule has 1 fully saturated rings. The van der Waals surface area contributed by atoms with Crippen LogP contribution in [0.15, 0.2) is 42.5 Å². The van der Waals surface area contributed by atoms with Crippen molar-refractivity contribution >= 4 is 11.6 Å². The van der Waals surface area contributed by atoms with Crippen LogP contribution in [0.3, 0.4) is 0 Å². The Kier molecular flexibility index (Phi) is 2.03. The first kappa shape index (κ1) is 9.52. The lowest BCUT2D eigenvalue weighted by Crippen LogP contribution is -2.41. The third-order valence-electron chi connectivity index (χ3n) is 3.60. The van der Waals surface area contributed by atoms with Crippen LogP contribution < -0.4 is 0 Å². The summed E-state index contributed by atoms with van der Waals surface area (Å²) in [7, 11) is 0. The molecule has 0 aliphatic heterocycles. The number of Topliss-reactive ketones (excluding diaryl/α,β-unsaturated/α-hetero) is 2. The van der Waals surface area contributed by atoms with E-state index < -0.39 is 0 Å². The van der Waals surface area contributed by atoms with Gasteiger partial charge in [-0.2, -0.15) is 0 Å². The van der Waals surface area contributed by atoms with Gasteiger partial charge in [-0.15, -0.1) is 0 Å². The summed E-state index contributed by atoms with van der Waals surface area (Å²) in [5.74, 6) is -0.601. The molecule has 2 bridgehead atoms. The number of rotatable bonds is 1. The van der Waals surface area contributed by atoms with Crippen molar-refractivity contribution in [2.24, 2.45) is 11.8 Å². The molecule has 16 heavy (non-hydrogen) atoms. The molecule has 0 radical (unpaired) electrons. The summed E-state index contributed by atoms with van der Waals surface area (Å²) in [6.07, 6.45) is 4.60. The minimum Gasteiger partial charge on any atom is -0.290 e. The van der Waals surface area contributed by atoms with Gasteiger partial charge in [-0.3, -0.25) is 9.59 Å². The first-order chi connectivity index (χ1) is 7.77. The molecule has 4 rings (SSSR count). The average molecular weight is 212 g/mol. The van der Waals surface area contributed by atoms with Crippen molar-refractivity contribution in [2.75, 3.05) is 0 Å². The van der Waals surface area contributed by atoms with Gasteiger partial charge in [0.1, 0.15) is 0 Å². The number of carbonyl (C=O) groups excluding carboxylic acids is 2. The summed E-state index contributed by atoms with van der Waals surface area (Å²) >= 11 is 0. The molecule has 3 atom stereocenters. The molecular weight excluding hydrogens is 200 g/mol. The van der Waals surface area contributed by atoms with Crippen molar-refractivity contribution < 1.29 is 9.59 Å². The van der Waals surface area contributed by atoms with E-state index in [2.05, 4.69) is 0 Å². The fourth-order valence-electron chi connectivity index (χ4n) is 2.74. The Morgan fingerprint density at radius 1 is 0.938 bits per heavy atom. The maximum Gasteiger partial charge on any atom is 0.206 e. The molecule has 0 unspecified atom stereocenters. The van der Waals surface area contributed by atoms with E-state index in [1.54, 1.807) is 0 Å². The van der Waals surface area contributed by atoms with Gasteiger partial charge in [-0.1, -0.05) is 42.5 Å². The third kappa shape index (κ3) is 1.26. The highest BCUT2D eigenvalue weighted by molar-refractivity contribution is 6.41. The standard InChI is InChI=1S/C14H12O2/c15-13-10-6-7-11(14(13)16)12(8-10)9-4-2-1-3-5-9/h1-7,10-12H,8H2/t10-,11+,12+/m1/s1. The highest BCUT2D eigenvalue weighted by atomic mass is 16.2. The fourth-order valence-corrected chi connectivity index (χ4v) is 2.74. The molecule has 0 heterocycles. The predicted octanol–water partition coefficient (Wildman–Crippen LogP) is 2.11. The first-order valence-electron chi connectivity index (χ1n) is 5.58. The van der Waals surface area contributed by atoms with Crippen LogP contribution in [0, 0.1) is 11.8 Å². The summed E-state index contributed by atoms with van der Waals surface area (Å²) in [6.45, 7) is 0. The summed E-state index contributed by atoms with van der Waals surface area (Å²) in [6, 6.07) is 10.0. The Balaban J connectivity index is 2.00. The molecule has 3 aliphatic carbocycles. The van der Waals surface area contributed by atoms with E-state index in [-0.39, 0.29) is 29.3 Å². The topological polar surface area (TPSA) is 34.1 Å². The van der Waals surface area contributed by atoms with Crippen LogP contribution in [-0.4, -0.2) is 11.6 Å². The second-order valence-electron chi connectivity index (χ2n) is 4.50. The molecule has 0 saturated heterocycles. The van der Waals surface area contributed by atoms with Crippen molar-refractivity contribution in [1.29, 1.82) is 0 Å². The number of benzene rings is 1. The van der Waals surface area contributed by atoms with Gasteiger partial charge in [0.05, 0.1) is 5.92 Å². The minimum absolute atomic E-state index is 0.178. The Hall–Kier alpha value is -1.70. The Bertz CT molecular complexity index is 473. The number of hydrogen-bond acceptors (Lipinski definition) is 2. The Labute approximate surface area is 94.0 Å². The van der Waals surface area contributed by atoms with E-state index in [0.29, 0.717) is 0 Å². The molecule has 3 aliphatic rings. The lowest BCUT2D eigenvalue weighted by molar-refractivity contribution is -0.143. The van der Waals surface area contributed by atoms with E-state index in [0.717, 1.165) is 6.42 Å². The zero-order valence-corrected chi connectivity index (χ0v) is 8.80. The van der Waals surface area contributed by atoms with E-state index >= 15 is 0 Å². The van der Waals surface area contributed by atoms with Crippen LogP contribution in [0.4, 0.5) is 0 Å². The Morgan fingerprint density at radius 3 is 2.38 bits per heavy atom. The molecule has 0 N–H and O–H groups in total. The molecule has 0 spiro atoms. The largest absolute Gasteiger partial charge is 0.290 e. The van der Waals surface area contributed by atoms with Crippen molar-refractivity contribution in [2.45, 2.75) is 12.3 Å². The average Bonchev–Trinajstić information content (AvgIpc) is 2.36. The smallest absolute Gasteiger partial charge is 0.206 e. The molecule has 1 saturated carbocycles. The highest BCUT2D eigenvalue weighted by Crippen LogP contribution is 2.42. The highest BCUT2D eigenvalue weighted by Gasteiger charge is 2.44. The van der Waals surface area contributed by atoms with Crippen LogP contribution >= 0.6 is 0 Å². The quantitative estimate of drug-likeness (QED) is 0.528. The van der Waals surface area contributed by atoms with E-state index in [1.807, 2.05) is 42.5 Å². The number of ketones is 2. The van der Waals surface area contributed by atoms with Crippen LogP contribution in [0.1, 0.15) is 17.9 Å². The monoisotopic (exact) mass is 212 g/mol. The molecule has 1 aromatic rings. The van der Waals surface area contributed by atoms with Gasteiger partial charge in [-0.25, -0.2) is 0 Å². The van der Waals surface area contributed by atoms with Crippen LogP contribution in [-0.2, 0) is 9.59 Å². The van der Waals surface area contributed by atoms with Gasteiger partial charge in [-0.05, 0) is 17.9 Å². The minimum atomic E-state index is -0.222. The second kappa shape index (κ2) is 3.41. The maximum absolute atomic E-state index is 11.8. The molecule has 2 nitrogen and oxygen atoms in total. The van der Waals surface area contributed by atoms with Gasteiger partial charge in [0.2, 0.25) is 11.6 Å². The van der Waals surface area contributed by atoms with Gasteiger partial charge in [0.25, 0.3) is 0 Å². The molecular formula is C14H12O2. The summed E-state index contributed by atoms with van der Waals surface area (Å²) in [5, 5.41) is 0. The maximum atomic E-state index is 11.8. The Morgan fingerprint density at radius 2 is 1.69 bits per heavy atom. The fraction of sp³-hybridized carbons (Fsp3) is 0.286. The lowest BCUT2D eigenvalue weighted by Gasteiger charge is -2.35. The number of hydrogen-bond donors (Lipinski definition) is 0. The van der Waals surface area contributed by atoms with Gasteiger partial charge >= 0.3 is 0 Å². The van der Waals surface area contributed by atoms with Gasteiger partial charge in [0.15, 0.2) is 0 Å². The first-order valence-corrected chi connectivity index (χ1v) is 5.58. The summed E-state index contributed by atoms with van der Waals surface area (Å²) in [4.78, 5) is 23.3. The molecule has 80 valence electrons. The van der Waals surface area contributed by atoms with Crippen molar-refractivity contribution in [3.63, 3.8) is 0 Å². The summed E-state index contributed by atoms with van der Waals surface area (Å²) in [5.41, 5.74) is 1.17. The normalized spacial score (nSPS) is 32.1. The van der Waals surface area contributed by atoms with Gasteiger partial charge < -0.3 is 0 Å². The van der Waals surface area contributed by atoms with Crippen LogP contribution in [0.5, 0.6) is 0 Å². The summed E-state index contributed by atoms with van der Waals surface area (Å²) < 4.78 is 0. The SMILES string of the molecule is O=C1C(=O)[C@H]2C=C[C@@H]1C[C@H]2c1ccccc1. The van der Waals surface area contributed by atoms with E-state index in [1.165, 1.54) is 5.56 Å². The predicted molar refractivity (Wildman–Crippen MR) is 59.9 cm³/mol. The van der Waals surface area contributed by atoms with Gasteiger partial charge in [0, 0.05) is 5.92 Å². The zero-order chi connectivity index (χ0) is 11.1. The van der Waals surface area contributed by atoms with Crippen molar-refractivity contribution in [3.05, 3.63) is 48.0 Å². The van der Waals surface area contributed by atoms with E-state index in [9.17, 15) is 9.59 Å². The van der Waals surface area contributed by atoms with Crippen molar-refractivity contribution in [3.8, 4) is 0 Å². The number of allylic oxidation sites excluding steroid dienone is 2. The molecule has 2 heteroatoms. The van der Waals surface area contributed by atoms with Crippen molar-refractivity contribution in [1.82, 2.24) is 0 Å². The molecule has 0 amide bonds. The second-order valence-corrected chi connectivity index (χ2v) is 4.50. The van der Waals surface area contributed by atoms with Crippen LogP contribution in [0.2, 0.25) is 0 Å². The lowest BCUT2D eigenvalue weighted by atomic mass is 9.65. The molecule has 0 aromatic heterocycles. The van der Waals surface area contributed by atoms with Crippen LogP contribution in [0.25, 0.3) is 0 Å².